The van der Waals surface area contributed by atoms with Crippen molar-refractivity contribution in [2.75, 3.05) is 28.2 Å². The van der Waals surface area contributed by atoms with Crippen molar-refractivity contribution in [3.63, 3.8) is 0 Å². The summed E-state index contributed by atoms with van der Waals surface area (Å²) in [7, 11) is -3.31. The van der Waals surface area contributed by atoms with Crippen molar-refractivity contribution >= 4 is 13.5 Å². The molecule has 6 nitrogen and oxygen atoms in total. The molecule has 31 heavy (non-hydrogen) atoms. The van der Waals surface area contributed by atoms with Crippen molar-refractivity contribution in [1.29, 1.82) is 0 Å². The molecule has 1 aliphatic rings. The van der Waals surface area contributed by atoms with Gasteiger partial charge in [-0.05, 0) is 38.8 Å². The second-order valence-electron chi connectivity index (χ2n) is 6.33. The van der Waals surface area contributed by atoms with Gasteiger partial charge in [0, 0.05) is 32.9 Å². The Morgan fingerprint density at radius 1 is 1.03 bits per heavy atom. The summed E-state index contributed by atoms with van der Waals surface area (Å²) >= 11 is 0. The maximum absolute atomic E-state index is 10.7. The molecule has 0 radical (unpaired) electrons. The number of benzene rings is 1. The average molecular weight is 475 g/mol. The van der Waals surface area contributed by atoms with Crippen LogP contribution in [0.3, 0.4) is 0 Å². The molecule has 0 saturated carbocycles. The summed E-state index contributed by atoms with van der Waals surface area (Å²) in [4.78, 5) is 0. The van der Waals surface area contributed by atoms with Crippen LogP contribution in [0.4, 0.5) is 25.2 Å². The molecule has 1 heterocycles. The van der Waals surface area contributed by atoms with Gasteiger partial charge < -0.3 is 0 Å². The van der Waals surface area contributed by atoms with Gasteiger partial charge in [0.1, 0.15) is 0 Å². The molecule has 2 rings (SSSR count). The van der Waals surface area contributed by atoms with Crippen LogP contribution in [-0.4, -0.2) is 38.2 Å². The predicted molar refractivity (Wildman–Crippen MR) is 115 cm³/mol. The fourth-order valence-electron chi connectivity index (χ4n) is 2.51. The van der Waals surface area contributed by atoms with Crippen LogP contribution in [0.5, 0.6) is 0 Å². The van der Waals surface area contributed by atoms with E-state index in [1.165, 1.54) is 28.0 Å². The number of hydrazine groups is 2. The van der Waals surface area contributed by atoms with Gasteiger partial charge in [0.2, 0.25) is 0 Å². The number of halogens is 6. The van der Waals surface area contributed by atoms with E-state index in [1.54, 1.807) is 21.0 Å². The summed E-state index contributed by atoms with van der Waals surface area (Å²) in [6, 6.07) is 4.46. The monoisotopic (exact) mass is 475 g/mol. The zero-order chi connectivity index (χ0) is 25.1. The number of nitrogens with zero attached hydrogens (tertiary/aromatic N) is 4. The molecule has 0 aromatic heterocycles. The third kappa shape index (κ3) is 18.0. The van der Waals surface area contributed by atoms with Crippen LogP contribution in [0.15, 0.2) is 28.7 Å². The minimum absolute atomic E-state index is 1.22. The van der Waals surface area contributed by atoms with Crippen LogP contribution >= 0.6 is 7.81 Å². The quantitative estimate of drug-likeness (QED) is 0.170. The van der Waals surface area contributed by atoms with Crippen LogP contribution in [0.2, 0.25) is 0 Å². The Kier molecular flexibility index (Phi) is 11.1. The van der Waals surface area contributed by atoms with Crippen LogP contribution in [-0.2, 0) is 0 Å². The van der Waals surface area contributed by atoms with Crippen LogP contribution in [0.25, 0.3) is 5.70 Å². The van der Waals surface area contributed by atoms with E-state index >= 15 is 0 Å². The first-order valence-corrected chi connectivity index (χ1v) is 10.7. The molecule has 1 aliphatic heterocycles. The van der Waals surface area contributed by atoms with E-state index < -0.39 is 7.81 Å². The van der Waals surface area contributed by atoms with Crippen molar-refractivity contribution in [3.8, 4) is 12.3 Å². The summed E-state index contributed by atoms with van der Waals surface area (Å²) in [5.41, 5.74) is 12.2. The Balaban J connectivity index is 0. The molecule has 1 aromatic carbocycles. The summed E-state index contributed by atoms with van der Waals surface area (Å²) in [6.07, 6.45) is 6.71. The number of terminal acetylenes is 1. The van der Waals surface area contributed by atoms with Gasteiger partial charge in [-0.25, -0.2) is 0 Å². The number of aryl methyl sites for hydroxylation is 3. The maximum atomic E-state index is 9.87. The molecule has 0 fully saturated rings. The van der Waals surface area contributed by atoms with E-state index in [4.69, 9.17) is 0 Å². The molecule has 13 heteroatoms. The molecular formula is C18H30F6N6P-. The van der Waals surface area contributed by atoms with Crippen LogP contribution in [0, 0.1) is 33.1 Å². The number of rotatable bonds is 2. The molecular weight excluding hydrogens is 445 g/mol. The van der Waals surface area contributed by atoms with E-state index in [2.05, 4.69) is 72.7 Å². The molecule has 0 bridgehead atoms. The summed E-state index contributed by atoms with van der Waals surface area (Å²) < 4.78 is 59.2. The van der Waals surface area contributed by atoms with E-state index in [1.807, 2.05) is 24.1 Å². The number of hydrogen-bond donors (Lipinski definition) is 2. The standard InChI is InChI=1S/C13H19N3.C3H4.C2H7N3.F6P/c1-9-6-10(2)13(11(3)7-9)12-8-15(4)14-16(12)5;1-3-2;1-3-5-4-2;1-7(2,3,4,5)6/h6-8,14H,1-5H3;1H,2H3;1-2H3,(H,3,4);/q;;;-1. The molecule has 0 atom stereocenters. The van der Waals surface area contributed by atoms with E-state index in [0.29, 0.717) is 0 Å². The summed E-state index contributed by atoms with van der Waals surface area (Å²) in [6.45, 7) is 8.13. The first-order valence-electron chi connectivity index (χ1n) is 8.69. The van der Waals surface area contributed by atoms with Crippen molar-refractivity contribution in [2.24, 2.45) is 10.3 Å². The zero-order valence-electron chi connectivity index (χ0n) is 18.8. The Hall–Kier alpha value is -2.51. The number of hydrogen-bond acceptors (Lipinski definition) is 5. The molecule has 180 valence electrons. The van der Waals surface area contributed by atoms with E-state index in [-0.39, 0.29) is 0 Å². The predicted octanol–water partition coefficient (Wildman–Crippen LogP) is 6.43. The molecule has 0 unspecified atom stereocenters. The zero-order valence-corrected chi connectivity index (χ0v) is 19.7. The fourth-order valence-corrected chi connectivity index (χ4v) is 2.51. The van der Waals surface area contributed by atoms with E-state index in [9.17, 15) is 25.2 Å². The van der Waals surface area contributed by atoms with Crippen molar-refractivity contribution in [1.82, 2.24) is 21.0 Å². The Bertz CT molecular complexity index is 781. The van der Waals surface area contributed by atoms with Gasteiger partial charge in [0.25, 0.3) is 0 Å². The molecule has 0 amide bonds. The van der Waals surface area contributed by atoms with Gasteiger partial charge in [-0.2, -0.15) is 5.11 Å². The average Bonchev–Trinajstić information content (AvgIpc) is 2.84. The van der Waals surface area contributed by atoms with Crippen molar-refractivity contribution < 1.29 is 25.2 Å². The normalized spacial score (nSPS) is 15.1. The summed E-state index contributed by atoms with van der Waals surface area (Å²) in [5, 5.41) is 10.7. The minimum atomic E-state index is -10.7. The molecule has 0 spiro atoms. The van der Waals surface area contributed by atoms with Crippen molar-refractivity contribution in [2.45, 2.75) is 27.7 Å². The SMILES string of the molecule is C#CC.CN=NNC.Cc1cc(C)c(C2=CN(C)NN2C)c(C)c1.F[P-](F)(F)(F)(F)F. The second-order valence-corrected chi connectivity index (χ2v) is 8.25. The Labute approximate surface area is 179 Å². The Morgan fingerprint density at radius 3 is 1.65 bits per heavy atom. The fraction of sp³-hybridized carbons (Fsp3) is 0.444. The molecule has 1 aromatic rings. The topological polar surface area (TPSA) is 55.3 Å². The number of nitrogens with one attached hydrogen (secondary N) is 2. The van der Waals surface area contributed by atoms with Gasteiger partial charge in [-0.1, -0.05) is 22.9 Å². The third-order valence-electron chi connectivity index (χ3n) is 3.12. The molecule has 2 N–H and O–H groups in total. The van der Waals surface area contributed by atoms with Gasteiger partial charge in [0.15, 0.2) is 0 Å². The molecule has 0 aliphatic carbocycles. The first kappa shape index (κ1) is 30.7. The third-order valence-corrected chi connectivity index (χ3v) is 3.12. The second kappa shape index (κ2) is 11.2. The first-order chi connectivity index (χ1) is 13.8. The van der Waals surface area contributed by atoms with Crippen molar-refractivity contribution in [3.05, 3.63) is 40.6 Å². The van der Waals surface area contributed by atoms with Gasteiger partial charge >= 0.3 is 33.0 Å². The summed E-state index contributed by atoms with van der Waals surface area (Å²) in [5.74, 6) is 2.25. The van der Waals surface area contributed by atoms with Crippen LogP contribution in [0.1, 0.15) is 29.2 Å². The van der Waals surface area contributed by atoms with Crippen LogP contribution < -0.4 is 11.0 Å². The molecule has 0 saturated heterocycles. The van der Waals surface area contributed by atoms with Gasteiger partial charge in [-0.3, -0.25) is 15.4 Å². The van der Waals surface area contributed by atoms with Gasteiger partial charge in [-0.15, -0.1) is 17.9 Å². The van der Waals surface area contributed by atoms with E-state index in [0.717, 1.165) is 0 Å². The van der Waals surface area contributed by atoms with Gasteiger partial charge in [0.05, 0.1) is 12.7 Å². The Morgan fingerprint density at radius 2 is 1.42 bits per heavy atom.